The number of benzene rings is 2. The Kier molecular flexibility index (Phi) is 11.5. The first-order valence-electron chi connectivity index (χ1n) is 13.0. The fourth-order valence-electron chi connectivity index (χ4n) is 4.43. The summed E-state index contributed by atoms with van der Waals surface area (Å²) in [5, 5.41) is 0. The van der Waals surface area contributed by atoms with Crippen LogP contribution >= 0.6 is 0 Å². The summed E-state index contributed by atoms with van der Waals surface area (Å²) in [4.78, 5) is 2.40. The zero-order valence-electron chi connectivity index (χ0n) is 22.8. The Hall–Kier alpha value is -2.74. The SMILES string of the molecule is CCN(CC)c1ccc(C2=CC(c3ccccc3)=CC(=C3C=CC(=[N+](CC)CC)C=C3)[Se]2)cc1.[O-][Cl+3]([O-])([O-])[O-]. The first-order chi connectivity index (χ1) is 18.7. The summed E-state index contributed by atoms with van der Waals surface area (Å²) in [5.41, 5.74) is 7.82. The van der Waals surface area contributed by atoms with Gasteiger partial charge < -0.3 is 0 Å². The van der Waals surface area contributed by atoms with Crippen LogP contribution in [-0.2, 0) is 0 Å². The maximum Gasteiger partial charge on any atom is -0.112 e. The standard InChI is InChI=1S/C31H35N2Se.ClHO4/c1-5-32(6-2)28-18-14-25(15-19-28)30-22-27(24-12-10-9-11-13-24)23-31(34-30)26-16-20-29(21-17-26)33(7-3)8-4;2-1(3,4)5/h9-23H,5-8H2,1-4H3;(H,2,3,4,5)/q+1;/p-1. The molecule has 0 spiro atoms. The minimum absolute atomic E-state index is 0.242. The van der Waals surface area contributed by atoms with Crippen molar-refractivity contribution >= 4 is 36.4 Å². The van der Waals surface area contributed by atoms with Crippen molar-refractivity contribution in [1.29, 1.82) is 0 Å². The summed E-state index contributed by atoms with van der Waals surface area (Å²) in [5.74, 6) is 0. The van der Waals surface area contributed by atoms with Crippen LogP contribution in [0, 0.1) is 10.2 Å². The van der Waals surface area contributed by atoms with E-state index in [4.69, 9.17) is 18.6 Å². The molecule has 0 bridgehead atoms. The molecule has 1 aliphatic carbocycles. The van der Waals surface area contributed by atoms with E-state index < -0.39 is 10.2 Å². The van der Waals surface area contributed by atoms with E-state index in [0.29, 0.717) is 0 Å². The summed E-state index contributed by atoms with van der Waals surface area (Å²) < 4.78 is 39.2. The quantitative estimate of drug-likeness (QED) is 0.350. The summed E-state index contributed by atoms with van der Waals surface area (Å²) in [6.45, 7) is 13.0. The molecule has 2 aromatic carbocycles. The van der Waals surface area contributed by atoms with Crippen LogP contribution in [0.2, 0.25) is 0 Å². The molecule has 0 fully saturated rings. The van der Waals surface area contributed by atoms with Crippen LogP contribution in [0.15, 0.2) is 101 Å². The van der Waals surface area contributed by atoms with Crippen molar-refractivity contribution in [3.63, 3.8) is 0 Å². The van der Waals surface area contributed by atoms with Gasteiger partial charge in [0.1, 0.15) is 0 Å². The van der Waals surface area contributed by atoms with Crippen LogP contribution in [0.25, 0.3) is 10.0 Å². The Bertz CT molecular complexity index is 1270. The van der Waals surface area contributed by atoms with E-state index in [2.05, 4.69) is 128 Å². The zero-order valence-corrected chi connectivity index (χ0v) is 25.3. The van der Waals surface area contributed by atoms with Crippen molar-refractivity contribution < 1.29 is 33.5 Å². The Balaban J connectivity index is 0.000000771. The smallest absolute Gasteiger partial charge is 0.112 e. The Morgan fingerprint density at radius 2 is 1.28 bits per heavy atom. The fraction of sp³-hybridized carbons (Fsp3) is 0.258. The van der Waals surface area contributed by atoms with E-state index in [9.17, 15) is 0 Å². The van der Waals surface area contributed by atoms with E-state index in [1.54, 1.807) is 0 Å². The van der Waals surface area contributed by atoms with Gasteiger partial charge in [0.2, 0.25) is 0 Å². The zero-order chi connectivity index (χ0) is 28.4. The van der Waals surface area contributed by atoms with E-state index in [1.165, 1.54) is 42.6 Å². The number of hydrogen-bond donors (Lipinski definition) is 0. The maximum absolute atomic E-state index is 8.49. The van der Waals surface area contributed by atoms with Crippen LogP contribution < -0.4 is 23.5 Å². The number of halogens is 1. The summed E-state index contributed by atoms with van der Waals surface area (Å²) in [7, 11) is -4.94. The molecule has 0 atom stereocenters. The summed E-state index contributed by atoms with van der Waals surface area (Å²) in [6, 6.07) is 19.9. The molecule has 0 saturated heterocycles. The first kappa shape index (κ1) is 30.8. The van der Waals surface area contributed by atoms with Crippen molar-refractivity contribution in [2.24, 2.45) is 0 Å². The van der Waals surface area contributed by atoms with Crippen LogP contribution in [0.3, 0.4) is 0 Å². The van der Waals surface area contributed by atoms with Crippen LogP contribution in [0.4, 0.5) is 5.69 Å². The molecule has 0 N–H and O–H groups in total. The van der Waals surface area contributed by atoms with Gasteiger partial charge in [-0.2, -0.15) is 0 Å². The molecule has 206 valence electrons. The number of hydrogen-bond acceptors (Lipinski definition) is 5. The van der Waals surface area contributed by atoms with Crippen LogP contribution in [-0.4, -0.2) is 51.4 Å². The molecule has 39 heavy (non-hydrogen) atoms. The van der Waals surface area contributed by atoms with Crippen LogP contribution in [0.5, 0.6) is 0 Å². The Labute approximate surface area is 240 Å². The third-order valence-corrected chi connectivity index (χ3v) is 8.87. The van der Waals surface area contributed by atoms with Gasteiger partial charge in [-0.15, -0.1) is 10.2 Å². The van der Waals surface area contributed by atoms with Crippen molar-refractivity contribution in [1.82, 2.24) is 0 Å². The van der Waals surface area contributed by atoms with Gasteiger partial charge in [0.15, 0.2) is 0 Å². The molecule has 2 aromatic rings. The van der Waals surface area contributed by atoms with Gasteiger partial charge in [0.05, 0.1) is 0 Å². The summed E-state index contributed by atoms with van der Waals surface area (Å²) in [6.07, 6.45) is 14.0. The van der Waals surface area contributed by atoms with Gasteiger partial charge in [-0.25, -0.2) is 18.6 Å². The average molecular weight is 614 g/mol. The molecule has 0 saturated carbocycles. The minimum Gasteiger partial charge on any atom is -0.222 e. The second kappa shape index (κ2) is 14.6. The van der Waals surface area contributed by atoms with Crippen molar-refractivity contribution in [3.8, 4) is 0 Å². The molecule has 1 aliphatic heterocycles. The number of nitrogens with zero attached hydrogens (tertiary/aromatic N) is 2. The van der Waals surface area contributed by atoms with Gasteiger partial charge in [0.25, 0.3) is 0 Å². The number of anilines is 1. The third-order valence-electron chi connectivity index (χ3n) is 6.46. The predicted molar refractivity (Wildman–Crippen MR) is 150 cm³/mol. The van der Waals surface area contributed by atoms with Gasteiger partial charge in [-0.1, -0.05) is 0 Å². The average Bonchev–Trinajstić information content (AvgIpc) is 2.94. The number of allylic oxidation sites excluding steroid dienone is 9. The van der Waals surface area contributed by atoms with Crippen molar-refractivity contribution in [3.05, 3.63) is 112 Å². The van der Waals surface area contributed by atoms with Crippen molar-refractivity contribution in [2.75, 3.05) is 31.1 Å². The Morgan fingerprint density at radius 3 is 1.79 bits per heavy atom. The molecule has 4 rings (SSSR count). The normalized spacial score (nSPS) is 14.9. The van der Waals surface area contributed by atoms with Crippen molar-refractivity contribution in [2.45, 2.75) is 27.7 Å². The second-order valence-corrected chi connectivity index (χ2v) is 11.8. The summed E-state index contributed by atoms with van der Waals surface area (Å²) >= 11 is 0.242. The molecule has 1 heterocycles. The maximum atomic E-state index is 8.49. The molecule has 0 amide bonds. The van der Waals surface area contributed by atoms with Gasteiger partial charge >= 0.3 is 212 Å². The molecular weight excluding hydrogens is 579 g/mol. The molecular formula is C31H35ClN2O4Se. The Morgan fingerprint density at radius 1 is 0.718 bits per heavy atom. The van der Waals surface area contributed by atoms with Gasteiger partial charge in [-0.3, -0.25) is 0 Å². The monoisotopic (exact) mass is 614 g/mol. The molecule has 0 aromatic heterocycles. The largest absolute Gasteiger partial charge is 0.222 e. The second-order valence-electron chi connectivity index (χ2n) is 8.76. The van der Waals surface area contributed by atoms with E-state index in [-0.39, 0.29) is 15.0 Å². The van der Waals surface area contributed by atoms with Gasteiger partial charge in [0, 0.05) is 0 Å². The first-order valence-corrected chi connectivity index (χ1v) is 16.0. The molecule has 8 heteroatoms. The molecule has 0 radical (unpaired) electrons. The predicted octanol–water partition coefficient (Wildman–Crippen LogP) is 1.79. The molecule has 0 unspecified atom stereocenters. The molecule has 2 aliphatic rings. The van der Waals surface area contributed by atoms with Crippen LogP contribution in [0.1, 0.15) is 38.8 Å². The van der Waals surface area contributed by atoms with E-state index >= 15 is 0 Å². The third kappa shape index (κ3) is 9.16. The topological polar surface area (TPSA) is 98.5 Å². The molecule has 6 nitrogen and oxygen atoms in total. The fourth-order valence-corrected chi connectivity index (χ4v) is 6.78. The van der Waals surface area contributed by atoms with E-state index in [0.717, 1.165) is 26.2 Å². The van der Waals surface area contributed by atoms with E-state index in [1.807, 2.05) is 0 Å². The van der Waals surface area contributed by atoms with Gasteiger partial charge in [-0.05, 0) is 0 Å². The minimum atomic E-state index is -4.94. The number of rotatable bonds is 7.